The molecule has 3 N–H and O–H groups in total. The highest BCUT2D eigenvalue weighted by atomic mass is 35.5. The molecule has 2 fully saturated rings. The van der Waals surface area contributed by atoms with Gasteiger partial charge in [-0.1, -0.05) is 36.6 Å². The third-order valence-electron chi connectivity index (χ3n) is 5.35. The lowest BCUT2D eigenvalue weighted by Crippen LogP contribution is -2.44. The van der Waals surface area contributed by atoms with Gasteiger partial charge in [0.15, 0.2) is 0 Å². The quantitative estimate of drug-likeness (QED) is 0.723. The minimum Gasteiger partial charge on any atom is -0.391 e. The highest BCUT2D eigenvalue weighted by Gasteiger charge is 2.29. The van der Waals surface area contributed by atoms with Crippen molar-refractivity contribution in [2.75, 3.05) is 19.8 Å². The van der Waals surface area contributed by atoms with Gasteiger partial charge in [-0.3, -0.25) is 0 Å². The van der Waals surface area contributed by atoms with Gasteiger partial charge in [-0.2, -0.15) is 0 Å². The first kappa shape index (κ1) is 18.5. The van der Waals surface area contributed by atoms with Gasteiger partial charge in [0.1, 0.15) is 0 Å². The second kappa shape index (κ2) is 8.88. The predicted octanol–water partition coefficient (Wildman–Crippen LogP) is 3.27. The van der Waals surface area contributed by atoms with E-state index in [9.17, 15) is 9.90 Å². The van der Waals surface area contributed by atoms with E-state index in [4.69, 9.17) is 16.3 Å². The molecule has 1 aromatic rings. The van der Waals surface area contributed by atoms with E-state index >= 15 is 0 Å². The van der Waals surface area contributed by atoms with Crippen LogP contribution in [0.15, 0.2) is 24.3 Å². The van der Waals surface area contributed by atoms with Crippen LogP contribution in [0.25, 0.3) is 0 Å². The molecule has 0 aromatic heterocycles. The zero-order valence-electron chi connectivity index (χ0n) is 14.4. The average Bonchev–Trinajstić information content (AvgIpc) is 3.31. The number of aliphatic hydroxyl groups excluding tert-OH is 1. The summed E-state index contributed by atoms with van der Waals surface area (Å²) in [6.07, 6.45) is 4.90. The van der Waals surface area contributed by atoms with Gasteiger partial charge in [0.05, 0.1) is 18.8 Å². The number of aliphatic hydroxyl groups is 1. The molecule has 5 nitrogen and oxygen atoms in total. The molecule has 1 saturated carbocycles. The largest absolute Gasteiger partial charge is 0.391 e. The maximum absolute atomic E-state index is 12.4. The number of nitrogens with one attached hydrogen (secondary N) is 2. The van der Waals surface area contributed by atoms with E-state index in [1.54, 1.807) is 0 Å². The van der Waals surface area contributed by atoms with Crippen LogP contribution in [0.3, 0.4) is 0 Å². The number of urea groups is 1. The molecule has 2 aliphatic rings. The molecule has 138 valence electrons. The maximum atomic E-state index is 12.4. The Labute approximate surface area is 154 Å². The van der Waals surface area contributed by atoms with Crippen LogP contribution in [0, 0.1) is 11.8 Å². The summed E-state index contributed by atoms with van der Waals surface area (Å²) >= 11 is 6.13. The lowest BCUT2D eigenvalue weighted by atomic mass is 9.92. The number of amides is 2. The van der Waals surface area contributed by atoms with Crippen LogP contribution in [0.4, 0.5) is 4.79 Å². The number of hydrogen-bond donors (Lipinski definition) is 3. The van der Waals surface area contributed by atoms with Crippen LogP contribution >= 0.6 is 11.6 Å². The lowest BCUT2D eigenvalue weighted by Gasteiger charge is -2.26. The number of benzene rings is 1. The summed E-state index contributed by atoms with van der Waals surface area (Å²) < 4.78 is 5.29. The number of carbonyl (C=O) groups is 1. The van der Waals surface area contributed by atoms with Crippen molar-refractivity contribution >= 4 is 17.6 Å². The van der Waals surface area contributed by atoms with E-state index in [1.807, 2.05) is 24.3 Å². The molecule has 25 heavy (non-hydrogen) atoms. The third-order valence-corrected chi connectivity index (χ3v) is 5.58. The molecule has 0 bridgehead atoms. The van der Waals surface area contributed by atoms with Crippen molar-refractivity contribution in [1.29, 1.82) is 0 Å². The summed E-state index contributed by atoms with van der Waals surface area (Å²) in [7, 11) is 0. The first-order valence-electron chi connectivity index (χ1n) is 9.19. The molecule has 2 amide bonds. The summed E-state index contributed by atoms with van der Waals surface area (Å²) in [6.45, 7) is 1.50. The maximum Gasteiger partial charge on any atom is 0.315 e. The smallest absolute Gasteiger partial charge is 0.315 e. The molecule has 1 saturated heterocycles. The number of carbonyl (C=O) groups excluding carboxylic acids is 1. The van der Waals surface area contributed by atoms with Gasteiger partial charge < -0.3 is 20.5 Å². The van der Waals surface area contributed by atoms with Gasteiger partial charge in [-0.15, -0.1) is 0 Å². The Kier molecular flexibility index (Phi) is 6.57. The van der Waals surface area contributed by atoms with Crippen LogP contribution in [-0.2, 0) is 4.74 Å². The molecule has 6 heteroatoms. The fourth-order valence-electron chi connectivity index (χ4n) is 3.88. The summed E-state index contributed by atoms with van der Waals surface area (Å²) in [6, 6.07) is 7.41. The monoisotopic (exact) mass is 366 g/mol. The summed E-state index contributed by atoms with van der Waals surface area (Å²) in [5.74, 6) is 0.538. The van der Waals surface area contributed by atoms with Crippen LogP contribution in [0.1, 0.15) is 43.7 Å². The highest BCUT2D eigenvalue weighted by Crippen LogP contribution is 2.36. The fraction of sp³-hybridized carbons (Fsp3) is 0.632. The van der Waals surface area contributed by atoms with Crippen molar-refractivity contribution in [1.82, 2.24) is 10.6 Å². The molecule has 1 aliphatic carbocycles. The minimum atomic E-state index is -0.565. The predicted molar refractivity (Wildman–Crippen MR) is 97.6 cm³/mol. The SMILES string of the molecule is O=C(NCC(O)C1CCOC1)NC(c1cccc(Cl)c1)C1CCCC1. The van der Waals surface area contributed by atoms with E-state index in [1.165, 1.54) is 12.8 Å². The molecule has 1 heterocycles. The van der Waals surface area contributed by atoms with Gasteiger partial charge in [0.25, 0.3) is 0 Å². The molecule has 0 spiro atoms. The Morgan fingerprint density at radius 1 is 1.28 bits per heavy atom. The number of halogens is 1. The molecule has 0 radical (unpaired) electrons. The molecule has 1 aliphatic heterocycles. The Hall–Kier alpha value is -1.30. The Balaban J connectivity index is 1.58. The second-order valence-corrected chi connectivity index (χ2v) is 7.56. The Bertz CT molecular complexity index is 572. The van der Waals surface area contributed by atoms with Crippen molar-refractivity contribution in [3.8, 4) is 0 Å². The van der Waals surface area contributed by atoms with Crippen LogP contribution in [-0.4, -0.2) is 37.0 Å². The molecular formula is C19H27ClN2O3. The average molecular weight is 367 g/mol. The van der Waals surface area contributed by atoms with E-state index in [0.717, 1.165) is 24.8 Å². The summed E-state index contributed by atoms with van der Waals surface area (Å²) in [5.41, 5.74) is 1.04. The van der Waals surface area contributed by atoms with Crippen molar-refractivity contribution in [3.63, 3.8) is 0 Å². The number of ether oxygens (including phenoxy) is 1. The van der Waals surface area contributed by atoms with Crippen molar-refractivity contribution in [3.05, 3.63) is 34.9 Å². The van der Waals surface area contributed by atoms with E-state index in [0.29, 0.717) is 24.2 Å². The van der Waals surface area contributed by atoms with Gasteiger partial charge >= 0.3 is 6.03 Å². The van der Waals surface area contributed by atoms with E-state index < -0.39 is 6.10 Å². The van der Waals surface area contributed by atoms with Gasteiger partial charge in [-0.05, 0) is 42.9 Å². The van der Waals surface area contributed by atoms with E-state index in [2.05, 4.69) is 10.6 Å². The Morgan fingerprint density at radius 3 is 2.76 bits per heavy atom. The zero-order chi connectivity index (χ0) is 17.6. The fourth-order valence-corrected chi connectivity index (χ4v) is 4.08. The summed E-state index contributed by atoms with van der Waals surface area (Å²) in [4.78, 5) is 12.4. The third kappa shape index (κ3) is 5.09. The summed E-state index contributed by atoms with van der Waals surface area (Å²) in [5, 5.41) is 16.7. The van der Waals surface area contributed by atoms with Crippen molar-refractivity contribution < 1.29 is 14.6 Å². The lowest BCUT2D eigenvalue weighted by molar-refractivity contribution is 0.0920. The number of hydrogen-bond acceptors (Lipinski definition) is 3. The van der Waals surface area contributed by atoms with Crippen LogP contribution in [0.5, 0.6) is 0 Å². The number of rotatable bonds is 6. The van der Waals surface area contributed by atoms with Gasteiger partial charge in [0, 0.05) is 24.1 Å². The molecule has 3 atom stereocenters. The second-order valence-electron chi connectivity index (χ2n) is 7.12. The topological polar surface area (TPSA) is 70.6 Å². The van der Waals surface area contributed by atoms with Crippen molar-refractivity contribution in [2.24, 2.45) is 11.8 Å². The Morgan fingerprint density at radius 2 is 2.08 bits per heavy atom. The first-order valence-corrected chi connectivity index (χ1v) is 9.57. The van der Waals surface area contributed by atoms with Gasteiger partial charge in [-0.25, -0.2) is 4.79 Å². The minimum absolute atomic E-state index is 0.0480. The van der Waals surface area contributed by atoms with E-state index in [-0.39, 0.29) is 24.5 Å². The van der Waals surface area contributed by atoms with Crippen LogP contribution in [0.2, 0.25) is 5.02 Å². The standard InChI is InChI=1S/C19H27ClN2O3/c20-16-7-3-6-14(10-16)18(13-4-1-2-5-13)22-19(24)21-11-17(23)15-8-9-25-12-15/h3,6-7,10,13,15,17-18,23H,1-2,4-5,8-9,11-12H2,(H2,21,22,24). The highest BCUT2D eigenvalue weighted by molar-refractivity contribution is 6.30. The zero-order valence-corrected chi connectivity index (χ0v) is 15.2. The normalized spacial score (nSPS) is 23.4. The molecular weight excluding hydrogens is 340 g/mol. The van der Waals surface area contributed by atoms with Crippen molar-refractivity contribution in [2.45, 2.75) is 44.2 Å². The molecule has 3 rings (SSSR count). The van der Waals surface area contributed by atoms with Gasteiger partial charge in [0.2, 0.25) is 0 Å². The first-order chi connectivity index (χ1) is 12.1. The van der Waals surface area contributed by atoms with Crippen LogP contribution < -0.4 is 10.6 Å². The molecule has 1 aromatic carbocycles. The molecule has 3 unspecified atom stereocenters.